The normalized spacial score (nSPS) is 28.6. The van der Waals surface area contributed by atoms with Crippen molar-refractivity contribution in [3.05, 3.63) is 99.5 Å². The van der Waals surface area contributed by atoms with Gasteiger partial charge in [-0.3, -0.25) is 0 Å². The molecule has 8 atom stereocenters. The van der Waals surface area contributed by atoms with Gasteiger partial charge in [-0.25, -0.2) is 0 Å². The van der Waals surface area contributed by atoms with Crippen LogP contribution in [-0.4, -0.2) is 0 Å². The number of fused-ring (bicyclic) bond motifs is 2. The molecule has 0 spiro atoms. The summed E-state index contributed by atoms with van der Waals surface area (Å²) in [6.07, 6.45) is 14.4. The fourth-order valence-corrected chi connectivity index (χ4v) is 12.0. The van der Waals surface area contributed by atoms with E-state index in [0.717, 1.165) is 47.3 Å². The van der Waals surface area contributed by atoms with Gasteiger partial charge < -0.3 is 29.7 Å². The largest absolute Gasteiger partial charge is 4.00 e. The smallest absolute Gasteiger partial charge is 0.358 e. The molecular weight excluding hydrogens is 815 g/mol. The second kappa shape index (κ2) is 18.1. The predicted molar refractivity (Wildman–Crippen MR) is 240 cm³/mol. The van der Waals surface area contributed by atoms with Crippen molar-refractivity contribution >= 4 is 0 Å². The van der Waals surface area contributed by atoms with Crippen LogP contribution in [0.4, 0.5) is 0 Å². The molecule has 4 aliphatic carbocycles. The number of rotatable bonds is 4. The molecular formula is C53H88Hf. The van der Waals surface area contributed by atoms with Gasteiger partial charge in [-0.2, -0.15) is 0 Å². The maximum absolute atomic E-state index is 2.76. The molecule has 0 aliphatic heterocycles. The SMILES string of the molecule is CC(C)(C)c1cc(C2CCCC3C2CCC3C(C)(C)C2CCC3C(c4cc(C(C)(C)C)cc(C(C)(C)C)c4)CCCC32)cc(C(C)(C)C)c1.[CH3-].[CH3-].[CH3-].[CH3-].[Hf+4]. The van der Waals surface area contributed by atoms with Crippen molar-refractivity contribution in [3.63, 3.8) is 0 Å². The van der Waals surface area contributed by atoms with Crippen LogP contribution in [0.15, 0.2) is 36.4 Å². The fraction of sp³-hybridized carbons (Fsp3) is 0.698. The third-order valence-corrected chi connectivity index (χ3v) is 15.0. The van der Waals surface area contributed by atoms with Crippen molar-refractivity contribution in [2.75, 3.05) is 0 Å². The quantitative estimate of drug-likeness (QED) is 0.212. The molecule has 0 amide bonds. The molecule has 2 aromatic rings. The summed E-state index contributed by atoms with van der Waals surface area (Å²) < 4.78 is 0. The van der Waals surface area contributed by atoms with E-state index in [0.29, 0.717) is 5.41 Å². The Morgan fingerprint density at radius 2 is 0.630 bits per heavy atom. The van der Waals surface area contributed by atoms with E-state index >= 15 is 0 Å². The Kier molecular flexibility index (Phi) is 17.2. The average molecular weight is 904 g/mol. The third kappa shape index (κ3) is 10.1. The van der Waals surface area contributed by atoms with Gasteiger partial charge in [-0.1, -0.05) is 146 Å². The van der Waals surface area contributed by atoms with Gasteiger partial charge >= 0.3 is 25.8 Å². The van der Waals surface area contributed by atoms with Crippen molar-refractivity contribution in [2.24, 2.45) is 40.9 Å². The van der Waals surface area contributed by atoms with E-state index in [1.54, 1.807) is 33.4 Å². The topological polar surface area (TPSA) is 0 Å². The van der Waals surface area contributed by atoms with Crippen LogP contribution in [0.2, 0.25) is 0 Å². The zero-order valence-corrected chi connectivity index (χ0v) is 42.7. The summed E-state index contributed by atoms with van der Waals surface area (Å²) in [5.41, 5.74) is 10.7. The Bertz CT molecular complexity index is 1300. The van der Waals surface area contributed by atoms with E-state index in [2.05, 4.69) is 133 Å². The first kappa shape index (κ1) is 51.3. The first-order chi connectivity index (χ1) is 22.6. The van der Waals surface area contributed by atoms with E-state index < -0.39 is 0 Å². The summed E-state index contributed by atoms with van der Waals surface area (Å²) in [5.74, 6) is 6.79. The van der Waals surface area contributed by atoms with E-state index in [9.17, 15) is 0 Å². The first-order valence-corrected chi connectivity index (χ1v) is 20.9. The third-order valence-electron chi connectivity index (χ3n) is 15.0. The molecule has 0 saturated heterocycles. The molecule has 4 fully saturated rings. The molecule has 2 aromatic carbocycles. The van der Waals surface area contributed by atoms with Gasteiger partial charge in [0.2, 0.25) is 0 Å². The molecule has 0 bridgehead atoms. The molecule has 0 nitrogen and oxygen atoms in total. The van der Waals surface area contributed by atoms with Crippen LogP contribution in [0.1, 0.15) is 206 Å². The van der Waals surface area contributed by atoms with E-state index in [1.165, 1.54) is 64.2 Å². The van der Waals surface area contributed by atoms with Crippen LogP contribution in [0.5, 0.6) is 0 Å². The Balaban J connectivity index is 0.00000292. The van der Waals surface area contributed by atoms with E-state index in [1.807, 2.05) is 0 Å². The summed E-state index contributed by atoms with van der Waals surface area (Å²) in [6, 6.07) is 15.6. The minimum absolute atomic E-state index is 0. The Labute approximate surface area is 358 Å². The molecule has 1 heteroatoms. The zero-order valence-electron chi connectivity index (χ0n) is 39.2. The fourth-order valence-electron chi connectivity index (χ4n) is 12.0. The minimum Gasteiger partial charge on any atom is -0.358 e. The molecule has 0 heterocycles. The van der Waals surface area contributed by atoms with Gasteiger partial charge in [0, 0.05) is 0 Å². The molecule has 4 aliphatic rings. The van der Waals surface area contributed by atoms with Gasteiger partial charge in [-0.15, -0.1) is 0 Å². The maximum Gasteiger partial charge on any atom is 4.00 e. The Morgan fingerprint density at radius 1 is 0.352 bits per heavy atom. The van der Waals surface area contributed by atoms with E-state index in [-0.39, 0.29) is 77.2 Å². The molecule has 0 aromatic heterocycles. The predicted octanol–water partition coefficient (Wildman–Crippen LogP) is 16.2. The van der Waals surface area contributed by atoms with Crippen molar-refractivity contribution in [2.45, 2.75) is 195 Å². The van der Waals surface area contributed by atoms with Crippen LogP contribution in [0.25, 0.3) is 0 Å². The molecule has 304 valence electrons. The minimum atomic E-state index is 0. The van der Waals surface area contributed by atoms with Gasteiger partial charge in [0.1, 0.15) is 0 Å². The summed E-state index contributed by atoms with van der Waals surface area (Å²) >= 11 is 0. The number of hydrogen-bond donors (Lipinski definition) is 0. The number of benzene rings is 2. The van der Waals surface area contributed by atoms with Gasteiger partial charge in [0.15, 0.2) is 0 Å². The summed E-state index contributed by atoms with van der Waals surface area (Å²) in [4.78, 5) is 0. The standard InChI is InChI=1S/C49H76.4CH3.Hf/c1-45(2,3)33-25-31(26-34(29-33)46(4,5)6)37-17-15-19-41-39(37)21-23-43(41)49(13,14)44-24-22-40-38(18-16-20-42(40)44)32-27-35(47(7,8)9)30-36(28-32)48(10,11)12;;;;;/h25-30,37-44H,15-24H2,1-14H3;4*1H3;/q;4*-1;+4. The van der Waals surface area contributed by atoms with Crippen LogP contribution >= 0.6 is 0 Å². The van der Waals surface area contributed by atoms with Gasteiger partial charge in [-0.05, 0) is 159 Å². The first-order valence-electron chi connectivity index (χ1n) is 20.9. The van der Waals surface area contributed by atoms with E-state index in [4.69, 9.17) is 0 Å². The summed E-state index contributed by atoms with van der Waals surface area (Å²) in [7, 11) is 0. The molecule has 6 rings (SSSR count). The average Bonchev–Trinajstić information content (AvgIpc) is 3.64. The summed E-state index contributed by atoms with van der Waals surface area (Å²) in [6.45, 7) is 34.4. The Morgan fingerprint density at radius 3 is 0.889 bits per heavy atom. The zero-order chi connectivity index (χ0) is 35.9. The monoisotopic (exact) mass is 905 g/mol. The van der Waals surface area contributed by atoms with Gasteiger partial charge in [0.25, 0.3) is 0 Å². The van der Waals surface area contributed by atoms with Crippen molar-refractivity contribution < 1.29 is 25.8 Å². The van der Waals surface area contributed by atoms with Crippen molar-refractivity contribution in [1.82, 2.24) is 0 Å². The van der Waals surface area contributed by atoms with Crippen molar-refractivity contribution in [3.8, 4) is 0 Å². The summed E-state index contributed by atoms with van der Waals surface area (Å²) in [5, 5.41) is 0. The maximum atomic E-state index is 2.76. The molecule has 8 unspecified atom stereocenters. The molecule has 0 N–H and O–H groups in total. The van der Waals surface area contributed by atoms with Crippen molar-refractivity contribution in [1.29, 1.82) is 0 Å². The second-order valence-electron chi connectivity index (χ2n) is 22.6. The number of hydrogen-bond acceptors (Lipinski definition) is 0. The van der Waals surface area contributed by atoms with Crippen LogP contribution in [0.3, 0.4) is 0 Å². The van der Waals surface area contributed by atoms with Gasteiger partial charge in [0.05, 0.1) is 0 Å². The van der Waals surface area contributed by atoms with Crippen LogP contribution in [0, 0.1) is 70.6 Å². The Hall–Kier alpha value is -0.690. The molecule has 4 saturated carbocycles. The second-order valence-corrected chi connectivity index (χ2v) is 22.6. The van der Waals surface area contributed by atoms with Crippen LogP contribution in [-0.2, 0) is 47.5 Å². The van der Waals surface area contributed by atoms with Crippen LogP contribution < -0.4 is 0 Å². The molecule has 54 heavy (non-hydrogen) atoms. The molecule has 0 radical (unpaired) electrons.